The molecule has 0 atom stereocenters. The highest BCUT2D eigenvalue weighted by molar-refractivity contribution is 5.84. The number of hydrogen-bond donors (Lipinski definition) is 3. The summed E-state index contributed by atoms with van der Waals surface area (Å²) >= 11 is 0. The molecule has 2 amide bonds. The Morgan fingerprint density at radius 1 is 1.30 bits per heavy atom. The minimum absolute atomic E-state index is 0.135. The van der Waals surface area contributed by atoms with Gasteiger partial charge >= 0.3 is 12.0 Å². The molecule has 7 heteroatoms. The Kier molecular flexibility index (Phi) is 7.20. The fourth-order valence-corrected chi connectivity index (χ4v) is 1.40. The molecule has 0 bridgehead atoms. The average Bonchev–Trinajstić information content (AvgIpc) is 2.89. The van der Waals surface area contributed by atoms with Crippen LogP contribution in [0, 0.1) is 0 Å². The van der Waals surface area contributed by atoms with Gasteiger partial charge in [0.25, 0.3) is 0 Å². The lowest BCUT2D eigenvalue weighted by Crippen LogP contribution is -2.36. The number of carbonyl (C=O) groups excluding carboxylic acids is 1. The Bertz CT molecular complexity index is 430. The summed E-state index contributed by atoms with van der Waals surface area (Å²) < 4.78 is 10.3. The first-order chi connectivity index (χ1) is 9.63. The molecule has 1 aromatic rings. The molecule has 0 radical (unpaired) electrons. The number of amides is 2. The van der Waals surface area contributed by atoms with Gasteiger partial charge in [-0.05, 0) is 18.6 Å². The second kappa shape index (κ2) is 8.98. The van der Waals surface area contributed by atoms with Gasteiger partial charge in [-0.25, -0.2) is 9.59 Å². The van der Waals surface area contributed by atoms with Crippen molar-refractivity contribution in [2.45, 2.75) is 26.3 Å². The third-order valence-corrected chi connectivity index (χ3v) is 2.47. The minimum atomic E-state index is -1.13. The van der Waals surface area contributed by atoms with E-state index in [0.29, 0.717) is 25.5 Å². The van der Waals surface area contributed by atoms with Crippen LogP contribution in [0.25, 0.3) is 0 Å². The van der Waals surface area contributed by atoms with Crippen LogP contribution in [0.3, 0.4) is 0 Å². The third-order valence-electron chi connectivity index (χ3n) is 2.47. The number of carboxylic acid groups (broad SMARTS) is 1. The Hall–Kier alpha value is -2.02. The SMILES string of the molecule is CCCCOCCNC(=O)NCc1ccc(C(=O)O)o1. The van der Waals surface area contributed by atoms with E-state index in [1.54, 1.807) is 0 Å². The molecule has 0 saturated carbocycles. The molecule has 7 nitrogen and oxygen atoms in total. The van der Waals surface area contributed by atoms with Crippen LogP contribution < -0.4 is 10.6 Å². The predicted octanol–water partition coefficient (Wildman–Crippen LogP) is 1.59. The van der Waals surface area contributed by atoms with E-state index in [1.807, 2.05) is 0 Å². The maximum atomic E-state index is 11.4. The molecule has 0 aromatic carbocycles. The summed E-state index contributed by atoms with van der Waals surface area (Å²) in [6.45, 7) is 3.81. The van der Waals surface area contributed by atoms with E-state index in [9.17, 15) is 9.59 Å². The largest absolute Gasteiger partial charge is 0.475 e. The van der Waals surface area contributed by atoms with E-state index < -0.39 is 5.97 Å². The zero-order valence-electron chi connectivity index (χ0n) is 11.5. The van der Waals surface area contributed by atoms with Gasteiger partial charge < -0.3 is 24.9 Å². The van der Waals surface area contributed by atoms with E-state index in [1.165, 1.54) is 12.1 Å². The zero-order chi connectivity index (χ0) is 14.8. The van der Waals surface area contributed by atoms with Crippen LogP contribution in [0.5, 0.6) is 0 Å². The van der Waals surface area contributed by atoms with E-state index in [4.69, 9.17) is 14.3 Å². The van der Waals surface area contributed by atoms with E-state index in [-0.39, 0.29) is 18.3 Å². The van der Waals surface area contributed by atoms with Gasteiger partial charge in [-0.15, -0.1) is 0 Å². The van der Waals surface area contributed by atoms with Crippen LogP contribution in [-0.2, 0) is 11.3 Å². The molecule has 0 fully saturated rings. The monoisotopic (exact) mass is 284 g/mol. The van der Waals surface area contributed by atoms with Gasteiger partial charge in [0.15, 0.2) is 0 Å². The number of nitrogens with one attached hydrogen (secondary N) is 2. The molecule has 1 rings (SSSR count). The Morgan fingerprint density at radius 3 is 2.75 bits per heavy atom. The lowest BCUT2D eigenvalue weighted by molar-refractivity contribution is 0.0660. The number of urea groups is 1. The van der Waals surface area contributed by atoms with Crippen LogP contribution >= 0.6 is 0 Å². The fourth-order valence-electron chi connectivity index (χ4n) is 1.40. The molecule has 20 heavy (non-hydrogen) atoms. The summed E-state index contributed by atoms with van der Waals surface area (Å²) in [4.78, 5) is 22.0. The smallest absolute Gasteiger partial charge is 0.371 e. The summed E-state index contributed by atoms with van der Waals surface area (Å²) in [6, 6.07) is 2.51. The molecule has 0 aliphatic heterocycles. The van der Waals surface area contributed by atoms with Gasteiger partial charge in [0, 0.05) is 13.2 Å². The summed E-state index contributed by atoms with van der Waals surface area (Å²) in [6.07, 6.45) is 2.09. The van der Waals surface area contributed by atoms with Crippen molar-refractivity contribution >= 4 is 12.0 Å². The highest BCUT2D eigenvalue weighted by Crippen LogP contribution is 2.07. The van der Waals surface area contributed by atoms with E-state index in [0.717, 1.165) is 12.8 Å². The fraction of sp³-hybridized carbons (Fsp3) is 0.538. The molecule has 0 unspecified atom stereocenters. The molecule has 1 heterocycles. The van der Waals surface area contributed by atoms with Gasteiger partial charge in [0.2, 0.25) is 5.76 Å². The van der Waals surface area contributed by atoms with Crippen molar-refractivity contribution in [3.8, 4) is 0 Å². The number of carbonyl (C=O) groups is 2. The van der Waals surface area contributed by atoms with Crippen LogP contribution in [0.15, 0.2) is 16.5 Å². The lowest BCUT2D eigenvalue weighted by Gasteiger charge is -2.07. The molecular formula is C13H20N2O5. The number of carboxylic acids is 1. The Labute approximate surface area is 117 Å². The van der Waals surface area contributed by atoms with Gasteiger partial charge in [-0.1, -0.05) is 13.3 Å². The van der Waals surface area contributed by atoms with Crippen molar-refractivity contribution < 1.29 is 23.8 Å². The zero-order valence-corrected chi connectivity index (χ0v) is 11.5. The maximum absolute atomic E-state index is 11.4. The molecule has 0 aliphatic carbocycles. The molecular weight excluding hydrogens is 264 g/mol. The Morgan fingerprint density at radius 2 is 2.10 bits per heavy atom. The predicted molar refractivity (Wildman–Crippen MR) is 71.6 cm³/mol. The second-order valence-corrected chi connectivity index (χ2v) is 4.15. The number of rotatable bonds is 9. The first-order valence-corrected chi connectivity index (χ1v) is 6.55. The summed E-state index contributed by atoms with van der Waals surface area (Å²) in [7, 11) is 0. The molecule has 3 N–H and O–H groups in total. The molecule has 0 saturated heterocycles. The normalized spacial score (nSPS) is 10.2. The Balaban J connectivity index is 2.11. The van der Waals surface area contributed by atoms with Gasteiger partial charge in [-0.2, -0.15) is 0 Å². The number of ether oxygens (including phenoxy) is 1. The summed E-state index contributed by atoms with van der Waals surface area (Å²) in [5.74, 6) is -0.895. The molecule has 1 aromatic heterocycles. The van der Waals surface area contributed by atoms with Crippen molar-refractivity contribution in [1.82, 2.24) is 10.6 Å². The van der Waals surface area contributed by atoms with Crippen molar-refractivity contribution in [2.24, 2.45) is 0 Å². The van der Waals surface area contributed by atoms with Crippen LogP contribution in [0.1, 0.15) is 36.1 Å². The highest BCUT2D eigenvalue weighted by Gasteiger charge is 2.09. The first-order valence-electron chi connectivity index (χ1n) is 6.55. The van der Waals surface area contributed by atoms with Crippen molar-refractivity contribution in [2.75, 3.05) is 19.8 Å². The molecule has 112 valence electrons. The third kappa shape index (κ3) is 6.24. The van der Waals surface area contributed by atoms with Crippen molar-refractivity contribution in [1.29, 1.82) is 0 Å². The van der Waals surface area contributed by atoms with E-state index in [2.05, 4.69) is 17.6 Å². The first kappa shape index (κ1) is 16.0. The molecule has 0 spiro atoms. The second-order valence-electron chi connectivity index (χ2n) is 4.15. The highest BCUT2D eigenvalue weighted by atomic mass is 16.5. The lowest BCUT2D eigenvalue weighted by atomic mass is 10.4. The van der Waals surface area contributed by atoms with Crippen molar-refractivity contribution in [3.63, 3.8) is 0 Å². The summed E-state index contributed by atoms with van der Waals surface area (Å²) in [5, 5.41) is 13.9. The van der Waals surface area contributed by atoms with Gasteiger partial charge in [0.1, 0.15) is 5.76 Å². The van der Waals surface area contributed by atoms with Crippen LogP contribution in [-0.4, -0.2) is 36.9 Å². The van der Waals surface area contributed by atoms with Crippen molar-refractivity contribution in [3.05, 3.63) is 23.7 Å². The topological polar surface area (TPSA) is 101 Å². The number of unbranched alkanes of at least 4 members (excludes halogenated alkanes) is 1. The quantitative estimate of drug-likeness (QED) is 0.598. The minimum Gasteiger partial charge on any atom is -0.475 e. The van der Waals surface area contributed by atoms with Crippen LogP contribution in [0.4, 0.5) is 4.79 Å². The van der Waals surface area contributed by atoms with Gasteiger partial charge in [0.05, 0.1) is 13.2 Å². The number of aromatic carboxylic acids is 1. The molecule has 0 aliphatic rings. The maximum Gasteiger partial charge on any atom is 0.371 e. The van der Waals surface area contributed by atoms with Crippen LogP contribution in [0.2, 0.25) is 0 Å². The number of furan rings is 1. The van der Waals surface area contributed by atoms with Gasteiger partial charge in [-0.3, -0.25) is 0 Å². The number of hydrogen-bond acceptors (Lipinski definition) is 4. The average molecular weight is 284 g/mol. The van der Waals surface area contributed by atoms with E-state index >= 15 is 0 Å². The standard InChI is InChI=1S/C13H20N2O5/c1-2-3-7-19-8-6-14-13(18)15-9-10-4-5-11(20-10)12(16)17/h4-5H,2-3,6-9H2,1H3,(H,16,17)(H2,14,15,18). The summed E-state index contributed by atoms with van der Waals surface area (Å²) in [5.41, 5.74) is 0.